The Kier molecular flexibility index (Phi) is 4.56. The van der Waals surface area contributed by atoms with Gasteiger partial charge in [-0.15, -0.1) is 4.31 Å². The standard InChI is InChI=1S/C23H19NO5S/c25-22(28-15-16-8-2-1-3-9-16)14-20-17-10-4-5-11-18(17)23-19-12-6-7-13-21(19)29-30(26,27)24(20)23/h1-13,20,23H,14-15H2/t20-,23+/m0/s1. The fourth-order valence-corrected chi connectivity index (χ4v) is 5.65. The molecule has 0 spiro atoms. The second kappa shape index (κ2) is 7.27. The van der Waals surface area contributed by atoms with E-state index in [1.165, 1.54) is 4.31 Å². The van der Waals surface area contributed by atoms with Gasteiger partial charge in [0.2, 0.25) is 0 Å². The molecule has 3 aromatic carbocycles. The van der Waals surface area contributed by atoms with Gasteiger partial charge in [-0.2, -0.15) is 8.42 Å². The first-order valence-electron chi connectivity index (χ1n) is 9.65. The van der Waals surface area contributed by atoms with Gasteiger partial charge in [0.05, 0.1) is 18.5 Å². The molecule has 30 heavy (non-hydrogen) atoms. The topological polar surface area (TPSA) is 72.9 Å². The van der Waals surface area contributed by atoms with Gasteiger partial charge in [0, 0.05) is 5.56 Å². The minimum absolute atomic E-state index is 0.0922. The minimum Gasteiger partial charge on any atom is -0.461 e. The van der Waals surface area contributed by atoms with Gasteiger partial charge in [-0.05, 0) is 22.8 Å². The lowest BCUT2D eigenvalue weighted by molar-refractivity contribution is -0.146. The molecule has 6 nitrogen and oxygen atoms in total. The van der Waals surface area contributed by atoms with Gasteiger partial charge in [0.1, 0.15) is 12.4 Å². The maximum absolute atomic E-state index is 13.0. The van der Waals surface area contributed by atoms with Crippen LogP contribution in [0.5, 0.6) is 5.75 Å². The summed E-state index contributed by atoms with van der Waals surface area (Å²) in [6.45, 7) is 0.142. The van der Waals surface area contributed by atoms with Crippen LogP contribution in [0.25, 0.3) is 0 Å². The van der Waals surface area contributed by atoms with Gasteiger partial charge in [-0.1, -0.05) is 72.8 Å². The highest BCUT2D eigenvalue weighted by molar-refractivity contribution is 7.84. The SMILES string of the molecule is O=C(C[C@H]1c2ccccc2[C@@H]2c3ccccc3OS(=O)(=O)N21)OCc1ccccc1. The molecule has 0 saturated carbocycles. The van der Waals surface area contributed by atoms with E-state index in [-0.39, 0.29) is 13.0 Å². The molecule has 0 unspecified atom stereocenters. The number of esters is 1. The summed E-state index contributed by atoms with van der Waals surface area (Å²) in [5.74, 6) is -0.144. The van der Waals surface area contributed by atoms with Crippen LogP contribution in [0.4, 0.5) is 0 Å². The zero-order valence-corrected chi connectivity index (χ0v) is 16.8. The molecule has 0 saturated heterocycles. The van der Waals surface area contributed by atoms with Crippen LogP contribution >= 0.6 is 0 Å². The first kappa shape index (κ1) is 18.8. The molecule has 0 bridgehead atoms. The normalized spacial score (nSPS) is 21.1. The molecule has 3 aromatic rings. The largest absolute Gasteiger partial charge is 0.461 e. The Morgan fingerprint density at radius 1 is 0.867 bits per heavy atom. The predicted molar refractivity (Wildman–Crippen MR) is 110 cm³/mol. The van der Waals surface area contributed by atoms with Crippen molar-refractivity contribution in [1.82, 2.24) is 4.31 Å². The fourth-order valence-electron chi connectivity index (χ4n) is 4.20. The molecule has 0 aromatic heterocycles. The van der Waals surface area contributed by atoms with Crippen LogP contribution in [0.2, 0.25) is 0 Å². The first-order valence-corrected chi connectivity index (χ1v) is 11.0. The summed E-state index contributed by atoms with van der Waals surface area (Å²) >= 11 is 0. The molecule has 2 aliphatic heterocycles. The van der Waals surface area contributed by atoms with Crippen molar-refractivity contribution in [3.63, 3.8) is 0 Å². The highest BCUT2D eigenvalue weighted by Crippen LogP contribution is 2.53. The molecule has 0 aliphatic carbocycles. The van der Waals surface area contributed by atoms with E-state index in [2.05, 4.69) is 0 Å². The average molecular weight is 421 g/mol. The van der Waals surface area contributed by atoms with Gasteiger partial charge in [0.15, 0.2) is 0 Å². The van der Waals surface area contributed by atoms with Crippen LogP contribution in [0.1, 0.15) is 40.8 Å². The lowest BCUT2D eigenvalue weighted by Gasteiger charge is -2.33. The van der Waals surface area contributed by atoms with Crippen LogP contribution in [0, 0.1) is 0 Å². The number of para-hydroxylation sites is 1. The van der Waals surface area contributed by atoms with E-state index < -0.39 is 28.4 Å². The summed E-state index contributed by atoms with van der Waals surface area (Å²) < 4.78 is 38.1. The second-order valence-electron chi connectivity index (χ2n) is 7.31. The van der Waals surface area contributed by atoms with Crippen molar-refractivity contribution < 1.29 is 22.1 Å². The Bertz CT molecular complexity index is 1210. The van der Waals surface area contributed by atoms with Crippen molar-refractivity contribution in [2.24, 2.45) is 0 Å². The molecule has 2 atom stereocenters. The summed E-state index contributed by atoms with van der Waals surface area (Å²) in [6.07, 6.45) is -0.0922. The number of benzene rings is 3. The Morgan fingerprint density at radius 2 is 1.50 bits per heavy atom. The zero-order valence-electron chi connectivity index (χ0n) is 16.0. The molecule has 0 fully saturated rings. The summed E-state index contributed by atoms with van der Waals surface area (Å²) in [4.78, 5) is 12.6. The van der Waals surface area contributed by atoms with Gasteiger partial charge < -0.3 is 8.92 Å². The molecular formula is C23H19NO5S. The zero-order chi connectivity index (χ0) is 20.7. The van der Waals surface area contributed by atoms with Gasteiger partial charge in [-0.3, -0.25) is 4.79 Å². The molecule has 5 rings (SSSR count). The molecule has 0 amide bonds. The highest BCUT2D eigenvalue weighted by Gasteiger charge is 2.51. The van der Waals surface area contributed by atoms with E-state index in [1.807, 2.05) is 66.7 Å². The molecular weight excluding hydrogens is 402 g/mol. The Morgan fingerprint density at radius 3 is 2.27 bits per heavy atom. The van der Waals surface area contributed by atoms with Crippen LogP contribution in [-0.2, 0) is 26.4 Å². The fraction of sp³-hybridized carbons (Fsp3) is 0.174. The van der Waals surface area contributed by atoms with Crippen molar-refractivity contribution in [2.45, 2.75) is 25.1 Å². The van der Waals surface area contributed by atoms with Gasteiger partial charge in [0.25, 0.3) is 0 Å². The number of hydrogen-bond donors (Lipinski definition) is 0. The van der Waals surface area contributed by atoms with Crippen molar-refractivity contribution >= 4 is 16.3 Å². The molecule has 2 aliphatic rings. The third-order valence-electron chi connectivity index (χ3n) is 5.48. The van der Waals surface area contributed by atoms with E-state index in [4.69, 9.17) is 8.92 Å². The van der Waals surface area contributed by atoms with E-state index in [0.29, 0.717) is 5.75 Å². The second-order valence-corrected chi connectivity index (χ2v) is 8.75. The van der Waals surface area contributed by atoms with Crippen molar-refractivity contribution in [1.29, 1.82) is 0 Å². The summed E-state index contributed by atoms with van der Waals surface area (Å²) in [5, 5.41) is 0. The minimum atomic E-state index is -4.08. The molecule has 0 N–H and O–H groups in total. The smallest absolute Gasteiger partial charge is 0.386 e. The lowest BCUT2D eigenvalue weighted by atomic mass is 9.96. The molecule has 2 heterocycles. The summed E-state index contributed by atoms with van der Waals surface area (Å²) in [6, 6.07) is 22.7. The monoisotopic (exact) mass is 421 g/mol. The Balaban J connectivity index is 1.48. The number of rotatable bonds is 4. The van der Waals surface area contributed by atoms with Crippen LogP contribution in [0.15, 0.2) is 78.9 Å². The number of carbonyl (C=O) groups excluding carboxylic acids is 1. The van der Waals surface area contributed by atoms with Crippen molar-refractivity contribution in [3.8, 4) is 5.75 Å². The predicted octanol–water partition coefficient (Wildman–Crippen LogP) is 3.90. The highest BCUT2D eigenvalue weighted by atomic mass is 32.2. The van der Waals surface area contributed by atoms with Gasteiger partial charge in [-0.25, -0.2) is 0 Å². The van der Waals surface area contributed by atoms with Crippen LogP contribution < -0.4 is 4.18 Å². The Hall–Kier alpha value is -3.16. The van der Waals surface area contributed by atoms with Crippen LogP contribution in [-0.4, -0.2) is 18.7 Å². The molecule has 7 heteroatoms. The third-order valence-corrected chi connectivity index (χ3v) is 6.85. The van der Waals surface area contributed by atoms with Crippen LogP contribution in [0.3, 0.4) is 0 Å². The first-order chi connectivity index (χ1) is 14.5. The molecule has 152 valence electrons. The van der Waals surface area contributed by atoms with Crippen molar-refractivity contribution in [2.75, 3.05) is 0 Å². The summed E-state index contributed by atoms with van der Waals surface area (Å²) in [7, 11) is -4.08. The van der Waals surface area contributed by atoms with E-state index in [9.17, 15) is 13.2 Å². The average Bonchev–Trinajstić information content (AvgIpc) is 3.08. The maximum atomic E-state index is 13.0. The van der Waals surface area contributed by atoms with E-state index in [0.717, 1.165) is 22.3 Å². The molecule has 0 radical (unpaired) electrons. The quantitative estimate of drug-likeness (QED) is 0.598. The lowest BCUT2D eigenvalue weighted by Crippen LogP contribution is -2.40. The number of fused-ring (bicyclic) bond motifs is 5. The number of nitrogens with zero attached hydrogens (tertiary/aromatic N) is 1. The number of carbonyl (C=O) groups is 1. The number of ether oxygens (including phenoxy) is 1. The van der Waals surface area contributed by atoms with Gasteiger partial charge >= 0.3 is 16.3 Å². The maximum Gasteiger partial charge on any atom is 0.386 e. The third kappa shape index (κ3) is 3.16. The summed E-state index contributed by atoms with van der Waals surface area (Å²) in [5.41, 5.74) is 3.29. The van der Waals surface area contributed by atoms with Crippen molar-refractivity contribution in [3.05, 3.63) is 101 Å². The number of hydrogen-bond acceptors (Lipinski definition) is 5. The Labute approximate surface area is 174 Å². The van der Waals surface area contributed by atoms with E-state index >= 15 is 0 Å². The van der Waals surface area contributed by atoms with E-state index in [1.54, 1.807) is 12.1 Å².